The second kappa shape index (κ2) is 7.33. The molecule has 4 aromatic rings. The van der Waals surface area contributed by atoms with Crippen molar-refractivity contribution < 1.29 is 8.78 Å². The van der Waals surface area contributed by atoms with Crippen molar-refractivity contribution in [1.29, 1.82) is 0 Å². The van der Waals surface area contributed by atoms with E-state index in [-0.39, 0.29) is 11.5 Å². The molecule has 3 aromatic heterocycles. The number of hydrogen-bond acceptors (Lipinski definition) is 5. The lowest BCUT2D eigenvalue weighted by molar-refractivity contribution is 0.187. The number of aryl methyl sites for hydroxylation is 2. The molecule has 1 aliphatic heterocycles. The predicted molar refractivity (Wildman–Crippen MR) is 126 cm³/mol. The molecule has 1 atom stereocenters. The second-order valence-corrected chi connectivity index (χ2v) is 9.73. The lowest BCUT2D eigenvalue weighted by Crippen LogP contribution is -2.44. The van der Waals surface area contributed by atoms with Gasteiger partial charge >= 0.3 is 0 Å². The summed E-state index contributed by atoms with van der Waals surface area (Å²) in [7, 11) is 1.93. The molecule has 1 fully saturated rings. The highest BCUT2D eigenvalue weighted by molar-refractivity contribution is 5.76. The molecule has 2 N–H and O–H groups in total. The molecule has 0 radical (unpaired) electrons. The molecule has 34 heavy (non-hydrogen) atoms. The van der Waals surface area contributed by atoms with E-state index in [1.54, 1.807) is 6.20 Å². The third-order valence-corrected chi connectivity index (χ3v) is 7.97. The van der Waals surface area contributed by atoms with Gasteiger partial charge in [0.1, 0.15) is 5.52 Å². The normalized spacial score (nSPS) is 19.4. The van der Waals surface area contributed by atoms with Gasteiger partial charge in [0.25, 0.3) is 0 Å². The van der Waals surface area contributed by atoms with Crippen LogP contribution in [0.5, 0.6) is 0 Å². The number of halogens is 2. The Balaban J connectivity index is 1.32. The van der Waals surface area contributed by atoms with Crippen LogP contribution in [-0.4, -0.2) is 37.5 Å². The molecule has 1 saturated heterocycles. The van der Waals surface area contributed by atoms with Crippen LogP contribution in [0.3, 0.4) is 0 Å². The lowest BCUT2D eigenvalue weighted by atomic mass is 9.73. The van der Waals surface area contributed by atoms with Crippen LogP contribution in [0.2, 0.25) is 0 Å². The first-order chi connectivity index (χ1) is 16.3. The van der Waals surface area contributed by atoms with Crippen LogP contribution in [0.4, 0.5) is 14.6 Å². The van der Waals surface area contributed by atoms with Crippen molar-refractivity contribution in [2.24, 2.45) is 18.2 Å². The number of fused-ring (bicyclic) bond motifs is 2. The molecule has 4 heterocycles. The third kappa shape index (κ3) is 2.92. The average Bonchev–Trinajstić information content (AvgIpc) is 3.49. The maximum atomic E-state index is 13.9. The first kappa shape index (κ1) is 21.2. The minimum absolute atomic E-state index is 0.183. The zero-order valence-corrected chi connectivity index (χ0v) is 19.5. The Morgan fingerprint density at radius 2 is 1.82 bits per heavy atom. The zero-order valence-electron chi connectivity index (χ0n) is 19.5. The summed E-state index contributed by atoms with van der Waals surface area (Å²) in [6, 6.07) is 4.31. The van der Waals surface area contributed by atoms with Gasteiger partial charge in [0.05, 0.1) is 23.8 Å². The molecule has 0 amide bonds. The fourth-order valence-electron chi connectivity index (χ4n) is 5.86. The Bertz CT molecular complexity index is 1430. The highest BCUT2D eigenvalue weighted by atomic mass is 19.2. The second-order valence-electron chi connectivity index (χ2n) is 9.73. The summed E-state index contributed by atoms with van der Waals surface area (Å²) in [6.07, 6.45) is 6.00. The van der Waals surface area contributed by atoms with Crippen LogP contribution in [0.25, 0.3) is 16.8 Å². The minimum atomic E-state index is -0.824. The largest absolute Gasteiger partial charge is 0.355 e. The quantitative estimate of drug-likeness (QED) is 0.488. The van der Waals surface area contributed by atoms with Crippen LogP contribution in [0, 0.1) is 30.9 Å². The van der Waals surface area contributed by atoms with E-state index in [0.717, 1.165) is 71.0 Å². The first-order valence-corrected chi connectivity index (χ1v) is 11.6. The predicted octanol–water partition coefficient (Wildman–Crippen LogP) is 3.87. The van der Waals surface area contributed by atoms with Gasteiger partial charge < -0.3 is 10.6 Å². The van der Waals surface area contributed by atoms with Gasteiger partial charge in [-0.15, -0.1) is 0 Å². The molecular formula is C25H27F2N7. The van der Waals surface area contributed by atoms with Crippen molar-refractivity contribution in [1.82, 2.24) is 24.4 Å². The van der Waals surface area contributed by atoms with E-state index in [0.29, 0.717) is 6.42 Å². The molecule has 1 aromatic carbocycles. The number of rotatable bonds is 2. The standard InChI is InChI=1S/C25H27F2N7/c1-14-22(18-13-30-32(3)15(18)2)34-21(4-7-29-34)24(31-14)33-8-5-25(6-9-33)12-16-10-19(26)20(27)11-17(16)23(25)28/h4,7,10-11,13,23H,5-6,8-9,12,28H2,1-3H3/t23-/m1/s1. The van der Waals surface area contributed by atoms with E-state index in [2.05, 4.69) is 15.1 Å². The van der Waals surface area contributed by atoms with Crippen LogP contribution < -0.4 is 10.6 Å². The van der Waals surface area contributed by atoms with Gasteiger partial charge in [-0.25, -0.2) is 18.3 Å². The highest BCUT2D eigenvalue weighted by Crippen LogP contribution is 2.51. The fourth-order valence-corrected chi connectivity index (χ4v) is 5.86. The monoisotopic (exact) mass is 463 g/mol. The summed E-state index contributed by atoms with van der Waals surface area (Å²) >= 11 is 0. The van der Waals surface area contributed by atoms with Gasteiger partial charge in [-0.3, -0.25) is 4.68 Å². The van der Waals surface area contributed by atoms with Crippen LogP contribution in [-0.2, 0) is 13.5 Å². The molecule has 1 aliphatic carbocycles. The van der Waals surface area contributed by atoms with Gasteiger partial charge in [0.2, 0.25) is 0 Å². The van der Waals surface area contributed by atoms with E-state index in [1.807, 2.05) is 42.4 Å². The van der Waals surface area contributed by atoms with Gasteiger partial charge in [-0.2, -0.15) is 10.2 Å². The number of nitrogens with two attached hydrogens (primary N) is 1. The van der Waals surface area contributed by atoms with Crippen molar-refractivity contribution in [3.8, 4) is 11.3 Å². The topological polar surface area (TPSA) is 77.3 Å². The van der Waals surface area contributed by atoms with Crippen LogP contribution in [0.15, 0.2) is 30.6 Å². The number of piperidine rings is 1. The van der Waals surface area contributed by atoms with Crippen molar-refractivity contribution in [2.75, 3.05) is 18.0 Å². The highest BCUT2D eigenvalue weighted by Gasteiger charge is 2.46. The maximum absolute atomic E-state index is 13.9. The number of nitrogens with zero attached hydrogens (tertiary/aromatic N) is 6. The molecule has 1 spiro atoms. The van der Waals surface area contributed by atoms with Gasteiger partial charge in [0.15, 0.2) is 17.5 Å². The van der Waals surface area contributed by atoms with Crippen molar-refractivity contribution in [3.63, 3.8) is 0 Å². The van der Waals surface area contributed by atoms with Gasteiger partial charge in [-0.05, 0) is 67.9 Å². The Morgan fingerprint density at radius 3 is 2.53 bits per heavy atom. The summed E-state index contributed by atoms with van der Waals surface area (Å²) in [6.45, 7) is 5.58. The number of aromatic nitrogens is 5. The zero-order chi connectivity index (χ0) is 23.8. The minimum Gasteiger partial charge on any atom is -0.355 e. The average molecular weight is 464 g/mol. The van der Waals surface area contributed by atoms with Gasteiger partial charge in [-0.1, -0.05) is 0 Å². The number of hydrogen-bond donors (Lipinski definition) is 1. The maximum Gasteiger partial charge on any atom is 0.159 e. The SMILES string of the molecule is Cc1nc(N2CCC3(CC2)Cc2cc(F)c(F)cc2[C@H]3N)c2ccnn2c1-c1cnn(C)c1C. The van der Waals surface area contributed by atoms with Crippen molar-refractivity contribution in [2.45, 2.75) is 39.2 Å². The summed E-state index contributed by atoms with van der Waals surface area (Å²) in [5.41, 5.74) is 12.9. The summed E-state index contributed by atoms with van der Waals surface area (Å²) in [5.74, 6) is -0.723. The number of benzene rings is 1. The van der Waals surface area contributed by atoms with Crippen LogP contribution in [0.1, 0.15) is 41.4 Å². The van der Waals surface area contributed by atoms with Gasteiger partial charge in [0, 0.05) is 37.4 Å². The van der Waals surface area contributed by atoms with E-state index < -0.39 is 11.6 Å². The molecule has 0 saturated carbocycles. The first-order valence-electron chi connectivity index (χ1n) is 11.6. The molecule has 9 heteroatoms. The van der Waals surface area contributed by atoms with E-state index in [1.165, 1.54) is 12.1 Å². The Labute approximate surface area is 196 Å². The van der Waals surface area contributed by atoms with Crippen molar-refractivity contribution in [3.05, 3.63) is 64.7 Å². The summed E-state index contributed by atoms with van der Waals surface area (Å²) in [5, 5.41) is 9.00. The third-order valence-electron chi connectivity index (χ3n) is 7.97. The molecular weight excluding hydrogens is 436 g/mol. The summed E-state index contributed by atoms with van der Waals surface area (Å²) < 4.78 is 31.5. The summed E-state index contributed by atoms with van der Waals surface area (Å²) in [4.78, 5) is 7.30. The van der Waals surface area contributed by atoms with E-state index in [4.69, 9.17) is 10.7 Å². The molecule has 0 unspecified atom stereocenters. The molecule has 7 nitrogen and oxygen atoms in total. The molecule has 6 rings (SSSR count). The Hall–Kier alpha value is -3.33. The van der Waals surface area contributed by atoms with Crippen LogP contribution >= 0.6 is 0 Å². The molecule has 2 aliphatic rings. The molecule has 176 valence electrons. The Kier molecular flexibility index (Phi) is 4.58. The molecule has 0 bridgehead atoms. The van der Waals surface area contributed by atoms with E-state index in [9.17, 15) is 8.78 Å². The van der Waals surface area contributed by atoms with E-state index >= 15 is 0 Å². The fraction of sp³-hybridized carbons (Fsp3) is 0.400. The lowest BCUT2D eigenvalue weighted by Gasteiger charge is -2.42. The Morgan fingerprint density at radius 1 is 1.09 bits per heavy atom. The smallest absolute Gasteiger partial charge is 0.159 e. The number of anilines is 1. The van der Waals surface area contributed by atoms with Crippen molar-refractivity contribution >= 4 is 11.3 Å².